The van der Waals surface area contributed by atoms with E-state index in [9.17, 15) is 18.1 Å². The van der Waals surface area contributed by atoms with E-state index >= 15 is 0 Å². The molecule has 0 saturated carbocycles. The molecule has 0 aromatic carbocycles. The van der Waals surface area contributed by atoms with Crippen LogP contribution in [0.1, 0.15) is 11.1 Å². The maximum absolute atomic E-state index is 12.1. The lowest BCUT2D eigenvalue weighted by Gasteiger charge is -2.07. The van der Waals surface area contributed by atoms with E-state index in [0.717, 1.165) is 6.07 Å². The van der Waals surface area contributed by atoms with Crippen LogP contribution in [0.15, 0.2) is 17.4 Å². The molecule has 0 amide bonds. The van der Waals surface area contributed by atoms with Gasteiger partial charge < -0.3 is 0 Å². The Morgan fingerprint density at radius 3 is 2.64 bits per heavy atom. The largest absolute Gasteiger partial charge is 0.417 e. The van der Waals surface area contributed by atoms with E-state index in [-0.39, 0.29) is 10.7 Å². The van der Waals surface area contributed by atoms with Crippen molar-refractivity contribution in [1.29, 1.82) is 0 Å². The van der Waals surface area contributed by atoms with Crippen LogP contribution in [0.4, 0.5) is 13.2 Å². The first-order valence-corrected chi connectivity index (χ1v) is 3.83. The monoisotopic (exact) mass is 224 g/mol. The van der Waals surface area contributed by atoms with Crippen LogP contribution in [0.2, 0.25) is 5.15 Å². The van der Waals surface area contributed by atoms with Gasteiger partial charge in [0.05, 0.1) is 5.56 Å². The minimum Gasteiger partial charge on any atom is -0.244 e. The highest BCUT2D eigenvalue weighted by molar-refractivity contribution is 6.30. The maximum atomic E-state index is 12.1. The molecule has 0 fully saturated rings. The number of hydrogen-bond donors (Lipinski definition) is 0. The van der Waals surface area contributed by atoms with Gasteiger partial charge in [-0.15, -0.1) is 0 Å². The number of nitrogens with zero attached hydrogens (tertiary/aromatic N) is 2. The highest BCUT2D eigenvalue weighted by Crippen LogP contribution is 2.30. The summed E-state index contributed by atoms with van der Waals surface area (Å²) < 4.78 is 36.4. The molecule has 0 N–H and O–H groups in total. The van der Waals surface area contributed by atoms with Gasteiger partial charge in [-0.2, -0.15) is 18.1 Å². The maximum Gasteiger partial charge on any atom is 0.417 e. The predicted molar refractivity (Wildman–Crippen MR) is 43.7 cm³/mol. The van der Waals surface area contributed by atoms with Gasteiger partial charge in [-0.25, -0.2) is 4.98 Å². The van der Waals surface area contributed by atoms with Crippen molar-refractivity contribution in [1.82, 2.24) is 4.98 Å². The summed E-state index contributed by atoms with van der Waals surface area (Å²) in [4.78, 5) is 13.2. The topological polar surface area (TPSA) is 42.3 Å². The van der Waals surface area contributed by atoms with E-state index in [1.165, 1.54) is 0 Å². The molecule has 0 saturated heterocycles. The average Bonchev–Trinajstić information content (AvgIpc) is 2.07. The van der Waals surface area contributed by atoms with Crippen LogP contribution in [0.25, 0.3) is 0 Å². The summed E-state index contributed by atoms with van der Waals surface area (Å²) in [6.07, 6.45) is -3.88. The molecule has 0 bridgehead atoms. The Balaban J connectivity index is 3.12. The van der Waals surface area contributed by atoms with Crippen molar-refractivity contribution in [3.05, 3.63) is 33.5 Å². The summed E-state index contributed by atoms with van der Waals surface area (Å²) in [7, 11) is 0. The summed E-state index contributed by atoms with van der Waals surface area (Å²) in [5.74, 6) is 0. The normalized spacial score (nSPS) is 11.4. The fraction of sp³-hybridized carbons (Fsp3) is 0.286. The molecule has 0 aliphatic rings. The van der Waals surface area contributed by atoms with E-state index in [4.69, 9.17) is 11.6 Å². The van der Waals surface area contributed by atoms with Crippen LogP contribution in [-0.2, 0) is 12.7 Å². The Hall–Kier alpha value is -1.17. The second kappa shape index (κ2) is 3.91. The molecule has 14 heavy (non-hydrogen) atoms. The Morgan fingerprint density at radius 1 is 1.50 bits per heavy atom. The lowest BCUT2D eigenvalue weighted by atomic mass is 10.2. The molecule has 0 atom stereocenters. The molecule has 7 heteroatoms. The van der Waals surface area contributed by atoms with Crippen molar-refractivity contribution in [3.63, 3.8) is 0 Å². The summed E-state index contributed by atoms with van der Waals surface area (Å²) in [6, 6.07) is 0.761. The van der Waals surface area contributed by atoms with Crippen molar-refractivity contribution in [2.24, 2.45) is 5.18 Å². The van der Waals surface area contributed by atoms with E-state index in [0.29, 0.717) is 6.20 Å². The van der Waals surface area contributed by atoms with Gasteiger partial charge in [0.2, 0.25) is 0 Å². The number of alkyl halides is 3. The smallest absolute Gasteiger partial charge is 0.244 e. The molecule has 0 radical (unpaired) electrons. The van der Waals surface area contributed by atoms with E-state index in [1.54, 1.807) is 0 Å². The van der Waals surface area contributed by atoms with Crippen molar-refractivity contribution in [3.8, 4) is 0 Å². The van der Waals surface area contributed by atoms with Gasteiger partial charge in [-0.3, -0.25) is 0 Å². The minimum absolute atomic E-state index is 0.0310. The number of pyridine rings is 1. The minimum atomic E-state index is -4.49. The fourth-order valence-electron chi connectivity index (χ4n) is 0.829. The lowest BCUT2D eigenvalue weighted by Crippen LogP contribution is -2.06. The Labute approximate surface area is 81.9 Å². The number of rotatable bonds is 2. The van der Waals surface area contributed by atoms with Crippen molar-refractivity contribution >= 4 is 11.6 Å². The zero-order valence-corrected chi connectivity index (χ0v) is 7.43. The molecular weight excluding hydrogens is 221 g/mol. The van der Waals surface area contributed by atoms with Crippen LogP contribution < -0.4 is 0 Å². The predicted octanol–water partition coefficient (Wildman–Crippen LogP) is 3.02. The Bertz CT molecular complexity index is 353. The SMILES string of the molecule is O=NCc1cc(C(F)(F)F)cnc1Cl. The molecule has 0 spiro atoms. The van der Waals surface area contributed by atoms with Gasteiger partial charge in [0, 0.05) is 11.8 Å². The van der Waals surface area contributed by atoms with Gasteiger partial charge in [-0.1, -0.05) is 16.8 Å². The molecule has 0 unspecified atom stereocenters. The first-order valence-electron chi connectivity index (χ1n) is 3.46. The molecule has 1 aromatic rings. The van der Waals surface area contributed by atoms with Crippen molar-refractivity contribution in [2.45, 2.75) is 12.7 Å². The van der Waals surface area contributed by atoms with Crippen molar-refractivity contribution < 1.29 is 13.2 Å². The molecule has 0 aliphatic heterocycles. The molecule has 1 heterocycles. The molecule has 76 valence electrons. The third kappa shape index (κ3) is 2.41. The molecule has 1 aromatic heterocycles. The second-order valence-electron chi connectivity index (χ2n) is 2.46. The van der Waals surface area contributed by atoms with Crippen LogP contribution >= 0.6 is 11.6 Å². The number of aromatic nitrogens is 1. The average molecular weight is 225 g/mol. The highest BCUT2D eigenvalue weighted by Gasteiger charge is 2.31. The van der Waals surface area contributed by atoms with Crippen LogP contribution in [0.5, 0.6) is 0 Å². The zero-order chi connectivity index (χ0) is 10.8. The number of halogens is 4. The second-order valence-corrected chi connectivity index (χ2v) is 2.82. The van der Waals surface area contributed by atoms with E-state index in [1.807, 2.05) is 0 Å². The first-order chi connectivity index (χ1) is 6.45. The van der Waals surface area contributed by atoms with Gasteiger partial charge in [0.25, 0.3) is 0 Å². The van der Waals surface area contributed by atoms with Crippen molar-refractivity contribution in [2.75, 3.05) is 0 Å². The molecule has 3 nitrogen and oxygen atoms in total. The molecular formula is C7H4ClF3N2O. The van der Waals surface area contributed by atoms with Crippen LogP contribution in [0.3, 0.4) is 0 Å². The van der Waals surface area contributed by atoms with Gasteiger partial charge in [0.1, 0.15) is 11.7 Å². The number of hydrogen-bond acceptors (Lipinski definition) is 3. The Kier molecular flexibility index (Phi) is 3.05. The summed E-state index contributed by atoms with van der Waals surface area (Å²) in [5, 5.41) is 2.31. The van der Waals surface area contributed by atoms with Crippen LogP contribution in [0, 0.1) is 4.91 Å². The molecule has 1 rings (SSSR count). The molecule has 0 aliphatic carbocycles. The highest BCUT2D eigenvalue weighted by atomic mass is 35.5. The third-order valence-electron chi connectivity index (χ3n) is 1.47. The fourth-order valence-corrected chi connectivity index (χ4v) is 0.992. The zero-order valence-electron chi connectivity index (χ0n) is 6.68. The Morgan fingerprint density at radius 2 is 2.14 bits per heavy atom. The van der Waals surface area contributed by atoms with Gasteiger partial charge >= 0.3 is 6.18 Å². The van der Waals surface area contributed by atoms with E-state index < -0.39 is 18.3 Å². The third-order valence-corrected chi connectivity index (χ3v) is 1.81. The first kappa shape index (κ1) is 10.9. The summed E-state index contributed by atoms with van der Waals surface area (Å²) >= 11 is 5.45. The summed E-state index contributed by atoms with van der Waals surface area (Å²) in [5.41, 5.74) is -0.975. The number of nitroso groups, excluding NO2 is 1. The van der Waals surface area contributed by atoms with E-state index in [2.05, 4.69) is 10.2 Å². The van der Waals surface area contributed by atoms with Crippen LogP contribution in [-0.4, -0.2) is 4.98 Å². The summed E-state index contributed by atoms with van der Waals surface area (Å²) in [6.45, 7) is -0.421. The van der Waals surface area contributed by atoms with Gasteiger partial charge in [-0.05, 0) is 6.07 Å². The lowest BCUT2D eigenvalue weighted by molar-refractivity contribution is -0.137. The van der Waals surface area contributed by atoms with Gasteiger partial charge in [0.15, 0.2) is 0 Å². The standard InChI is InChI=1S/C7H4ClF3N2O/c8-6-4(2-13-14)1-5(3-12-6)7(9,10)11/h1,3H,2H2. The quantitative estimate of drug-likeness (QED) is 0.572.